The van der Waals surface area contributed by atoms with Gasteiger partial charge >= 0.3 is 12.1 Å². The third-order valence-electron chi connectivity index (χ3n) is 3.04. The zero-order chi connectivity index (χ0) is 15.6. The maximum atomic E-state index is 12.4. The van der Waals surface area contributed by atoms with Crippen molar-refractivity contribution >= 4 is 11.9 Å². The molecule has 1 aromatic rings. The fourth-order valence-electron chi connectivity index (χ4n) is 1.43. The molecule has 0 fully saturated rings. The minimum absolute atomic E-state index is 0.0288. The van der Waals surface area contributed by atoms with Crippen molar-refractivity contribution in [3.63, 3.8) is 0 Å². The highest BCUT2D eigenvalue weighted by atomic mass is 19.4. The van der Waals surface area contributed by atoms with Crippen LogP contribution in [0, 0.1) is 0 Å². The quantitative estimate of drug-likeness (QED) is 0.895. The molecular weight excluding hydrogens is 275 g/mol. The molecule has 2 N–H and O–H groups in total. The van der Waals surface area contributed by atoms with Crippen LogP contribution in [-0.2, 0) is 11.0 Å². The van der Waals surface area contributed by atoms with E-state index < -0.39 is 29.2 Å². The molecule has 0 aliphatic carbocycles. The van der Waals surface area contributed by atoms with Gasteiger partial charge in [-0.1, -0.05) is 6.92 Å². The molecule has 0 aliphatic rings. The van der Waals surface area contributed by atoms with Gasteiger partial charge in [0, 0.05) is 5.56 Å². The number of carbonyl (C=O) groups excluding carboxylic acids is 1. The van der Waals surface area contributed by atoms with Gasteiger partial charge < -0.3 is 10.4 Å². The summed E-state index contributed by atoms with van der Waals surface area (Å²) in [6, 6.07) is 3.57. The zero-order valence-corrected chi connectivity index (χ0v) is 10.9. The summed E-state index contributed by atoms with van der Waals surface area (Å²) in [5, 5.41) is 11.3. The average Bonchev–Trinajstić information content (AvgIpc) is 2.37. The first kappa shape index (κ1) is 16.0. The highest BCUT2D eigenvalue weighted by Gasteiger charge is 2.34. The Hall–Kier alpha value is -2.05. The zero-order valence-electron chi connectivity index (χ0n) is 10.9. The number of carboxylic acid groups (broad SMARTS) is 1. The normalized spacial score (nSPS) is 14.4. The van der Waals surface area contributed by atoms with Crippen LogP contribution in [0.3, 0.4) is 0 Å². The molecule has 0 saturated carbocycles. The second-order valence-corrected chi connectivity index (χ2v) is 4.52. The molecule has 20 heavy (non-hydrogen) atoms. The van der Waals surface area contributed by atoms with Gasteiger partial charge in [-0.15, -0.1) is 0 Å². The SMILES string of the molecule is CCC(C)(NC(=O)c1ccc(C(F)(F)F)cc1)C(=O)O. The van der Waals surface area contributed by atoms with E-state index in [0.717, 1.165) is 24.3 Å². The Morgan fingerprint density at radius 1 is 1.20 bits per heavy atom. The molecule has 7 heteroatoms. The van der Waals surface area contributed by atoms with E-state index in [4.69, 9.17) is 5.11 Å². The number of benzene rings is 1. The lowest BCUT2D eigenvalue weighted by Gasteiger charge is -2.24. The van der Waals surface area contributed by atoms with Gasteiger partial charge in [-0.25, -0.2) is 4.79 Å². The topological polar surface area (TPSA) is 66.4 Å². The summed E-state index contributed by atoms with van der Waals surface area (Å²) in [6.45, 7) is 2.92. The summed E-state index contributed by atoms with van der Waals surface area (Å²) in [6.07, 6.45) is -4.33. The Morgan fingerprint density at radius 3 is 2.05 bits per heavy atom. The number of amides is 1. The highest BCUT2D eigenvalue weighted by molar-refractivity contribution is 5.97. The lowest BCUT2D eigenvalue weighted by Crippen LogP contribution is -2.51. The molecule has 0 heterocycles. The minimum Gasteiger partial charge on any atom is -0.480 e. The summed E-state index contributed by atoms with van der Waals surface area (Å²) in [5.74, 6) is -1.94. The van der Waals surface area contributed by atoms with E-state index in [-0.39, 0.29) is 12.0 Å². The molecule has 0 saturated heterocycles. The summed E-state index contributed by atoms with van der Waals surface area (Å²) < 4.78 is 37.1. The Balaban J connectivity index is 2.91. The number of rotatable bonds is 4. The standard InChI is InChI=1S/C13H14F3NO3/c1-3-12(2,11(19)20)17-10(18)8-4-6-9(7-5-8)13(14,15)16/h4-7H,3H2,1-2H3,(H,17,18)(H,19,20). The number of carbonyl (C=O) groups is 2. The number of nitrogens with one attached hydrogen (secondary N) is 1. The number of hydrogen-bond acceptors (Lipinski definition) is 2. The first-order chi connectivity index (χ1) is 9.10. The van der Waals surface area contributed by atoms with Crippen molar-refractivity contribution in [2.24, 2.45) is 0 Å². The van der Waals surface area contributed by atoms with E-state index in [1.165, 1.54) is 6.92 Å². The van der Waals surface area contributed by atoms with Crippen LogP contribution in [0.1, 0.15) is 36.2 Å². The molecule has 1 aromatic carbocycles. The van der Waals surface area contributed by atoms with Crippen LogP contribution >= 0.6 is 0 Å². The molecule has 1 rings (SSSR count). The number of hydrogen-bond donors (Lipinski definition) is 2. The smallest absolute Gasteiger partial charge is 0.416 e. The molecule has 1 unspecified atom stereocenters. The summed E-state index contributed by atoms with van der Waals surface area (Å²) in [7, 11) is 0. The van der Waals surface area contributed by atoms with Crippen LogP contribution in [0.5, 0.6) is 0 Å². The second-order valence-electron chi connectivity index (χ2n) is 4.52. The highest BCUT2D eigenvalue weighted by Crippen LogP contribution is 2.29. The Labute approximate surface area is 113 Å². The van der Waals surface area contributed by atoms with Crippen LogP contribution in [0.4, 0.5) is 13.2 Å². The average molecular weight is 289 g/mol. The molecule has 0 radical (unpaired) electrons. The second kappa shape index (κ2) is 5.52. The lowest BCUT2D eigenvalue weighted by molar-refractivity contribution is -0.143. The monoisotopic (exact) mass is 289 g/mol. The summed E-state index contributed by atoms with van der Waals surface area (Å²) in [4.78, 5) is 22.9. The van der Waals surface area contributed by atoms with Gasteiger partial charge in [-0.2, -0.15) is 13.2 Å². The van der Waals surface area contributed by atoms with E-state index in [1.807, 2.05) is 0 Å². The van der Waals surface area contributed by atoms with Crippen LogP contribution in [0.15, 0.2) is 24.3 Å². The number of carboxylic acids is 1. The largest absolute Gasteiger partial charge is 0.480 e. The molecule has 1 atom stereocenters. The van der Waals surface area contributed by atoms with Crippen LogP contribution in [0.25, 0.3) is 0 Å². The molecule has 1 amide bonds. The number of aliphatic carboxylic acids is 1. The van der Waals surface area contributed by atoms with Gasteiger partial charge in [0.05, 0.1) is 5.56 Å². The van der Waals surface area contributed by atoms with Gasteiger partial charge in [0.15, 0.2) is 0 Å². The number of alkyl halides is 3. The molecule has 0 spiro atoms. The van der Waals surface area contributed by atoms with Crippen molar-refractivity contribution in [1.82, 2.24) is 5.32 Å². The summed E-state index contributed by atoms with van der Waals surface area (Å²) >= 11 is 0. The molecule has 4 nitrogen and oxygen atoms in total. The van der Waals surface area contributed by atoms with E-state index in [1.54, 1.807) is 6.92 Å². The summed E-state index contributed by atoms with van der Waals surface area (Å²) in [5.41, 5.74) is -2.36. The van der Waals surface area contributed by atoms with Gasteiger partial charge in [0.2, 0.25) is 0 Å². The fraction of sp³-hybridized carbons (Fsp3) is 0.385. The maximum Gasteiger partial charge on any atom is 0.416 e. The number of halogens is 3. The van der Waals surface area contributed by atoms with E-state index in [2.05, 4.69) is 5.32 Å². The lowest BCUT2D eigenvalue weighted by atomic mass is 9.98. The fourth-order valence-corrected chi connectivity index (χ4v) is 1.43. The first-order valence-electron chi connectivity index (χ1n) is 5.83. The van der Waals surface area contributed by atoms with Gasteiger partial charge in [0.1, 0.15) is 5.54 Å². The molecular formula is C13H14F3NO3. The van der Waals surface area contributed by atoms with E-state index in [0.29, 0.717) is 0 Å². The van der Waals surface area contributed by atoms with Crippen molar-refractivity contribution in [2.45, 2.75) is 32.0 Å². The Morgan fingerprint density at radius 2 is 1.70 bits per heavy atom. The van der Waals surface area contributed by atoms with Crippen LogP contribution in [0.2, 0.25) is 0 Å². The molecule has 0 aliphatic heterocycles. The predicted octanol–water partition coefficient (Wildman–Crippen LogP) is 2.69. The Kier molecular flexibility index (Phi) is 4.42. The third-order valence-corrected chi connectivity index (χ3v) is 3.04. The maximum absolute atomic E-state index is 12.4. The molecule has 0 aromatic heterocycles. The van der Waals surface area contributed by atoms with E-state index >= 15 is 0 Å². The van der Waals surface area contributed by atoms with Gasteiger partial charge in [0.25, 0.3) is 5.91 Å². The predicted molar refractivity (Wildman–Crippen MR) is 65.2 cm³/mol. The molecule has 0 bridgehead atoms. The molecule has 110 valence electrons. The first-order valence-corrected chi connectivity index (χ1v) is 5.83. The van der Waals surface area contributed by atoms with Crippen LogP contribution < -0.4 is 5.32 Å². The van der Waals surface area contributed by atoms with Crippen molar-refractivity contribution in [3.8, 4) is 0 Å². The minimum atomic E-state index is -4.48. The van der Waals surface area contributed by atoms with Crippen molar-refractivity contribution in [1.29, 1.82) is 0 Å². The van der Waals surface area contributed by atoms with Crippen molar-refractivity contribution in [2.75, 3.05) is 0 Å². The van der Waals surface area contributed by atoms with E-state index in [9.17, 15) is 22.8 Å². The Bertz CT molecular complexity index is 511. The van der Waals surface area contributed by atoms with Crippen molar-refractivity contribution in [3.05, 3.63) is 35.4 Å². The van der Waals surface area contributed by atoms with Gasteiger partial charge in [-0.3, -0.25) is 4.79 Å². The van der Waals surface area contributed by atoms with Crippen LogP contribution in [-0.4, -0.2) is 22.5 Å². The third kappa shape index (κ3) is 3.49. The van der Waals surface area contributed by atoms with Gasteiger partial charge in [-0.05, 0) is 37.6 Å². The van der Waals surface area contributed by atoms with Crippen molar-refractivity contribution < 1.29 is 27.9 Å².